The molecule has 106 valence electrons. The van der Waals surface area contributed by atoms with Gasteiger partial charge in [-0.3, -0.25) is 0 Å². The topological polar surface area (TPSA) is 40.5 Å². The van der Waals surface area contributed by atoms with E-state index in [0.29, 0.717) is 12.0 Å². The first-order valence-corrected chi connectivity index (χ1v) is 7.30. The third kappa shape index (κ3) is 8.29. The standard InChI is InChI=1S/C15H29NO2/c1-4-7-11-16(12-8-5-2)13-9-10-14(6-3)15(17)18/h10H,4-9,11-13H2,1-3H3,(H,17,18). The van der Waals surface area contributed by atoms with Crippen LogP contribution in [0.2, 0.25) is 0 Å². The van der Waals surface area contributed by atoms with Crippen LogP contribution in [-0.4, -0.2) is 35.6 Å². The second-order valence-corrected chi connectivity index (χ2v) is 4.73. The van der Waals surface area contributed by atoms with Crippen molar-refractivity contribution < 1.29 is 9.90 Å². The number of carboxylic acid groups (broad SMARTS) is 1. The number of unbranched alkanes of at least 4 members (excludes halogenated alkanes) is 2. The Morgan fingerprint density at radius 3 is 2.00 bits per heavy atom. The molecule has 0 aliphatic rings. The van der Waals surface area contributed by atoms with Crippen LogP contribution < -0.4 is 0 Å². The van der Waals surface area contributed by atoms with Crippen molar-refractivity contribution in [1.29, 1.82) is 0 Å². The van der Waals surface area contributed by atoms with Crippen LogP contribution in [0, 0.1) is 0 Å². The summed E-state index contributed by atoms with van der Waals surface area (Å²) in [5, 5.41) is 8.94. The van der Waals surface area contributed by atoms with Crippen molar-refractivity contribution in [2.45, 2.75) is 59.3 Å². The lowest BCUT2D eigenvalue weighted by Gasteiger charge is -2.21. The number of carbonyl (C=O) groups is 1. The molecule has 0 spiro atoms. The second-order valence-electron chi connectivity index (χ2n) is 4.73. The van der Waals surface area contributed by atoms with E-state index in [0.717, 1.165) is 26.1 Å². The molecule has 0 fully saturated rings. The van der Waals surface area contributed by atoms with Gasteiger partial charge in [0.15, 0.2) is 0 Å². The largest absolute Gasteiger partial charge is 0.478 e. The Morgan fingerprint density at radius 2 is 1.61 bits per heavy atom. The molecule has 0 aromatic heterocycles. The lowest BCUT2D eigenvalue weighted by Crippen LogP contribution is -2.27. The van der Waals surface area contributed by atoms with Crippen LogP contribution in [0.25, 0.3) is 0 Å². The van der Waals surface area contributed by atoms with Crippen LogP contribution in [0.15, 0.2) is 11.6 Å². The molecule has 0 aliphatic heterocycles. The first-order valence-electron chi connectivity index (χ1n) is 7.30. The molecule has 3 nitrogen and oxygen atoms in total. The van der Waals surface area contributed by atoms with Gasteiger partial charge in [0, 0.05) is 12.1 Å². The summed E-state index contributed by atoms with van der Waals surface area (Å²) in [4.78, 5) is 13.3. The number of carboxylic acids is 1. The average Bonchev–Trinajstić information content (AvgIpc) is 2.36. The molecule has 0 bridgehead atoms. The maximum absolute atomic E-state index is 10.9. The van der Waals surface area contributed by atoms with E-state index in [1.807, 2.05) is 13.0 Å². The van der Waals surface area contributed by atoms with Crippen LogP contribution in [0.5, 0.6) is 0 Å². The summed E-state index contributed by atoms with van der Waals surface area (Å²) in [7, 11) is 0. The molecule has 0 heterocycles. The van der Waals surface area contributed by atoms with Gasteiger partial charge >= 0.3 is 5.97 Å². The van der Waals surface area contributed by atoms with Gasteiger partial charge in [0.25, 0.3) is 0 Å². The van der Waals surface area contributed by atoms with Crippen LogP contribution in [0.4, 0.5) is 0 Å². The van der Waals surface area contributed by atoms with Gasteiger partial charge in [-0.25, -0.2) is 4.79 Å². The van der Waals surface area contributed by atoms with E-state index < -0.39 is 5.97 Å². The highest BCUT2D eigenvalue weighted by atomic mass is 16.4. The van der Waals surface area contributed by atoms with E-state index in [9.17, 15) is 4.79 Å². The van der Waals surface area contributed by atoms with Gasteiger partial charge in [-0.2, -0.15) is 0 Å². The average molecular weight is 255 g/mol. The van der Waals surface area contributed by atoms with E-state index in [2.05, 4.69) is 18.7 Å². The lowest BCUT2D eigenvalue weighted by atomic mass is 10.1. The number of rotatable bonds is 11. The SMILES string of the molecule is CCCCN(CCC=C(CC)C(=O)O)CCCC. The molecule has 0 atom stereocenters. The third-order valence-electron chi connectivity index (χ3n) is 3.15. The fraction of sp³-hybridized carbons (Fsp3) is 0.800. The van der Waals surface area contributed by atoms with Crippen molar-refractivity contribution in [3.63, 3.8) is 0 Å². The Labute approximate surface area is 112 Å². The summed E-state index contributed by atoms with van der Waals surface area (Å²) < 4.78 is 0. The monoisotopic (exact) mass is 255 g/mol. The van der Waals surface area contributed by atoms with Gasteiger partial charge < -0.3 is 10.0 Å². The Kier molecular flexibility index (Phi) is 10.8. The van der Waals surface area contributed by atoms with E-state index in [-0.39, 0.29) is 0 Å². The number of nitrogens with zero attached hydrogens (tertiary/aromatic N) is 1. The summed E-state index contributed by atoms with van der Waals surface area (Å²) in [6.45, 7) is 9.56. The second kappa shape index (κ2) is 11.3. The van der Waals surface area contributed by atoms with E-state index in [4.69, 9.17) is 5.11 Å². The van der Waals surface area contributed by atoms with Crippen LogP contribution in [-0.2, 0) is 4.79 Å². The highest BCUT2D eigenvalue weighted by Gasteiger charge is 2.05. The summed E-state index contributed by atoms with van der Waals surface area (Å²) in [5.41, 5.74) is 0.543. The molecule has 0 rings (SSSR count). The summed E-state index contributed by atoms with van der Waals surface area (Å²) >= 11 is 0. The van der Waals surface area contributed by atoms with E-state index in [1.165, 1.54) is 25.7 Å². The lowest BCUT2D eigenvalue weighted by molar-refractivity contribution is -0.132. The zero-order valence-electron chi connectivity index (χ0n) is 12.2. The van der Waals surface area contributed by atoms with Crippen LogP contribution in [0.3, 0.4) is 0 Å². The van der Waals surface area contributed by atoms with Crippen LogP contribution >= 0.6 is 0 Å². The minimum atomic E-state index is -0.772. The van der Waals surface area contributed by atoms with E-state index >= 15 is 0 Å². The Hall–Kier alpha value is -0.830. The molecular formula is C15H29NO2. The quantitative estimate of drug-likeness (QED) is 0.572. The predicted molar refractivity (Wildman–Crippen MR) is 76.9 cm³/mol. The zero-order chi connectivity index (χ0) is 13.8. The van der Waals surface area contributed by atoms with Crippen molar-refractivity contribution in [2.24, 2.45) is 0 Å². The molecule has 3 heteroatoms. The zero-order valence-corrected chi connectivity index (χ0v) is 12.2. The van der Waals surface area contributed by atoms with E-state index in [1.54, 1.807) is 0 Å². The predicted octanol–water partition coefficient (Wildman–Crippen LogP) is 3.70. The van der Waals surface area contributed by atoms with Crippen molar-refractivity contribution in [3.05, 3.63) is 11.6 Å². The van der Waals surface area contributed by atoms with Crippen molar-refractivity contribution in [2.75, 3.05) is 19.6 Å². The molecular weight excluding hydrogens is 226 g/mol. The molecule has 1 N–H and O–H groups in total. The van der Waals surface area contributed by atoms with Crippen LogP contribution in [0.1, 0.15) is 59.3 Å². The smallest absolute Gasteiger partial charge is 0.331 e. The fourth-order valence-electron chi connectivity index (χ4n) is 1.90. The molecule has 0 aromatic rings. The maximum Gasteiger partial charge on any atom is 0.331 e. The highest BCUT2D eigenvalue weighted by molar-refractivity contribution is 5.86. The van der Waals surface area contributed by atoms with Gasteiger partial charge in [-0.15, -0.1) is 0 Å². The van der Waals surface area contributed by atoms with Gasteiger partial charge in [-0.1, -0.05) is 39.7 Å². The summed E-state index contributed by atoms with van der Waals surface area (Å²) in [6, 6.07) is 0. The van der Waals surface area contributed by atoms with Crippen molar-refractivity contribution >= 4 is 5.97 Å². The molecule has 0 aromatic carbocycles. The Balaban J connectivity index is 4.10. The normalized spacial score (nSPS) is 12.1. The van der Waals surface area contributed by atoms with Crippen molar-refractivity contribution in [1.82, 2.24) is 4.90 Å². The van der Waals surface area contributed by atoms with Gasteiger partial charge in [0.1, 0.15) is 0 Å². The number of aliphatic carboxylic acids is 1. The fourth-order valence-corrected chi connectivity index (χ4v) is 1.90. The molecule has 0 saturated carbocycles. The molecule has 0 radical (unpaired) electrons. The Bertz CT molecular complexity index is 241. The minimum Gasteiger partial charge on any atom is -0.478 e. The maximum atomic E-state index is 10.9. The highest BCUT2D eigenvalue weighted by Crippen LogP contribution is 2.05. The third-order valence-corrected chi connectivity index (χ3v) is 3.15. The first kappa shape index (κ1) is 17.2. The van der Waals surface area contributed by atoms with Crippen molar-refractivity contribution in [3.8, 4) is 0 Å². The van der Waals surface area contributed by atoms with Gasteiger partial charge in [-0.05, 0) is 38.8 Å². The summed E-state index contributed by atoms with van der Waals surface area (Å²) in [5.74, 6) is -0.772. The number of hydrogen-bond donors (Lipinski definition) is 1. The molecule has 0 amide bonds. The molecule has 18 heavy (non-hydrogen) atoms. The molecule has 0 unspecified atom stereocenters. The first-order chi connectivity index (χ1) is 8.65. The molecule has 0 aliphatic carbocycles. The summed E-state index contributed by atoms with van der Waals surface area (Å²) in [6.07, 6.45) is 8.23. The number of hydrogen-bond acceptors (Lipinski definition) is 2. The Morgan fingerprint density at radius 1 is 1.06 bits per heavy atom. The van der Waals surface area contributed by atoms with Gasteiger partial charge in [0.05, 0.1) is 0 Å². The minimum absolute atomic E-state index is 0.543. The molecule has 0 saturated heterocycles. The van der Waals surface area contributed by atoms with Gasteiger partial charge in [0.2, 0.25) is 0 Å².